The van der Waals surface area contributed by atoms with Crippen molar-refractivity contribution in [3.8, 4) is 22.4 Å². The number of hydrogen-bond donors (Lipinski definition) is 1. The number of halogens is 2. The van der Waals surface area contributed by atoms with Gasteiger partial charge in [0.2, 0.25) is 0 Å². The zero-order valence-corrected chi connectivity index (χ0v) is 14.0. The van der Waals surface area contributed by atoms with Gasteiger partial charge in [-0.3, -0.25) is 0 Å². The van der Waals surface area contributed by atoms with Gasteiger partial charge in [0.05, 0.1) is 16.8 Å². The van der Waals surface area contributed by atoms with E-state index in [0.717, 1.165) is 11.6 Å². The summed E-state index contributed by atoms with van der Waals surface area (Å²) in [5.74, 6) is -2.18. The summed E-state index contributed by atoms with van der Waals surface area (Å²) in [7, 11) is 0. The molecule has 0 amide bonds. The van der Waals surface area contributed by atoms with Crippen LogP contribution in [0.15, 0.2) is 72.8 Å². The van der Waals surface area contributed by atoms with Gasteiger partial charge in [0.15, 0.2) is 0 Å². The number of carboxylic acid groups (broad SMARTS) is 1. The Morgan fingerprint density at radius 2 is 1.63 bits per heavy atom. The number of benzene rings is 3. The molecule has 0 fully saturated rings. The lowest BCUT2D eigenvalue weighted by Crippen LogP contribution is -2.01. The molecular weight excluding hydrogens is 348 g/mol. The van der Waals surface area contributed by atoms with Crippen molar-refractivity contribution in [2.24, 2.45) is 0 Å². The van der Waals surface area contributed by atoms with Crippen LogP contribution in [-0.2, 0) is 0 Å². The molecule has 132 valence electrons. The van der Waals surface area contributed by atoms with Crippen molar-refractivity contribution in [2.75, 3.05) is 0 Å². The molecule has 0 saturated heterocycles. The monoisotopic (exact) mass is 361 g/mol. The van der Waals surface area contributed by atoms with Gasteiger partial charge in [-0.1, -0.05) is 42.5 Å². The fraction of sp³-hybridized carbons (Fsp3) is 0. The van der Waals surface area contributed by atoms with Gasteiger partial charge in [-0.15, -0.1) is 0 Å². The molecule has 3 aromatic carbocycles. The average molecular weight is 361 g/mol. The Hall–Kier alpha value is -3.60. The maximum atomic E-state index is 14.7. The van der Waals surface area contributed by atoms with Crippen molar-refractivity contribution in [1.82, 2.24) is 4.98 Å². The van der Waals surface area contributed by atoms with Crippen molar-refractivity contribution in [1.29, 1.82) is 0 Å². The minimum Gasteiger partial charge on any atom is -0.478 e. The standard InChI is InChI=1S/C22H13F2NO2/c23-15-7-9-20-17(11-15)18(22(26)27)12-21(25-20)14-6-8-16(19(24)10-14)13-4-2-1-3-5-13/h1-12H,(H,26,27). The van der Waals surface area contributed by atoms with E-state index in [0.29, 0.717) is 22.3 Å². The van der Waals surface area contributed by atoms with Crippen LogP contribution in [-0.4, -0.2) is 16.1 Å². The maximum absolute atomic E-state index is 14.7. The Morgan fingerprint density at radius 1 is 0.852 bits per heavy atom. The first kappa shape index (κ1) is 16.8. The number of carboxylic acids is 1. The summed E-state index contributed by atoms with van der Waals surface area (Å²) in [6, 6.07) is 18.9. The Bertz CT molecular complexity index is 1170. The number of fused-ring (bicyclic) bond motifs is 1. The van der Waals surface area contributed by atoms with Gasteiger partial charge < -0.3 is 5.11 Å². The van der Waals surface area contributed by atoms with E-state index in [1.807, 2.05) is 30.3 Å². The van der Waals surface area contributed by atoms with E-state index >= 15 is 0 Å². The molecule has 0 aliphatic rings. The second-order valence-electron chi connectivity index (χ2n) is 6.08. The third kappa shape index (κ3) is 3.15. The number of hydrogen-bond acceptors (Lipinski definition) is 2. The number of pyridine rings is 1. The molecule has 0 saturated carbocycles. The van der Waals surface area contributed by atoms with E-state index in [1.54, 1.807) is 12.1 Å². The van der Waals surface area contributed by atoms with Gasteiger partial charge in [-0.25, -0.2) is 18.6 Å². The lowest BCUT2D eigenvalue weighted by atomic mass is 10.00. The molecule has 0 unspecified atom stereocenters. The van der Waals surface area contributed by atoms with Crippen LogP contribution in [0.2, 0.25) is 0 Å². The Morgan fingerprint density at radius 3 is 2.33 bits per heavy atom. The van der Waals surface area contributed by atoms with Crippen molar-refractivity contribution in [2.45, 2.75) is 0 Å². The predicted molar refractivity (Wildman–Crippen MR) is 99.5 cm³/mol. The van der Waals surface area contributed by atoms with E-state index in [2.05, 4.69) is 4.98 Å². The zero-order valence-electron chi connectivity index (χ0n) is 14.0. The van der Waals surface area contributed by atoms with Crippen molar-refractivity contribution in [3.63, 3.8) is 0 Å². The minimum atomic E-state index is -1.20. The molecule has 0 spiro atoms. The number of aromatic nitrogens is 1. The summed E-state index contributed by atoms with van der Waals surface area (Å²) < 4.78 is 28.1. The van der Waals surface area contributed by atoms with Crippen LogP contribution in [0, 0.1) is 11.6 Å². The van der Waals surface area contributed by atoms with Gasteiger partial charge in [0.1, 0.15) is 11.6 Å². The number of aromatic carboxylic acids is 1. The van der Waals surface area contributed by atoms with Crippen LogP contribution in [0.3, 0.4) is 0 Å². The van der Waals surface area contributed by atoms with Gasteiger partial charge in [0, 0.05) is 16.5 Å². The molecular formula is C22H13F2NO2. The highest BCUT2D eigenvalue weighted by atomic mass is 19.1. The first-order valence-corrected chi connectivity index (χ1v) is 8.22. The highest BCUT2D eigenvalue weighted by Crippen LogP contribution is 2.29. The van der Waals surface area contributed by atoms with Gasteiger partial charge in [-0.2, -0.15) is 0 Å². The van der Waals surface area contributed by atoms with Gasteiger partial charge in [-0.05, 0) is 35.9 Å². The van der Waals surface area contributed by atoms with Crippen LogP contribution in [0.4, 0.5) is 8.78 Å². The van der Waals surface area contributed by atoms with Crippen molar-refractivity contribution >= 4 is 16.9 Å². The van der Waals surface area contributed by atoms with E-state index < -0.39 is 17.6 Å². The Kier molecular flexibility index (Phi) is 4.12. The molecule has 4 rings (SSSR count). The highest BCUT2D eigenvalue weighted by molar-refractivity contribution is 6.03. The summed E-state index contributed by atoms with van der Waals surface area (Å²) in [5.41, 5.74) is 2.20. The summed E-state index contributed by atoms with van der Waals surface area (Å²) >= 11 is 0. The lowest BCUT2D eigenvalue weighted by molar-refractivity contribution is 0.0699. The highest BCUT2D eigenvalue weighted by Gasteiger charge is 2.15. The molecule has 1 N–H and O–H groups in total. The topological polar surface area (TPSA) is 50.2 Å². The maximum Gasteiger partial charge on any atom is 0.336 e. The zero-order chi connectivity index (χ0) is 19.0. The van der Waals surface area contributed by atoms with Crippen LogP contribution < -0.4 is 0 Å². The summed E-state index contributed by atoms with van der Waals surface area (Å²) in [6.07, 6.45) is 0. The van der Waals surface area contributed by atoms with E-state index in [1.165, 1.54) is 24.3 Å². The fourth-order valence-corrected chi connectivity index (χ4v) is 3.05. The average Bonchev–Trinajstić information content (AvgIpc) is 2.67. The molecule has 0 radical (unpaired) electrons. The third-order valence-corrected chi connectivity index (χ3v) is 4.35. The molecule has 3 nitrogen and oxygen atoms in total. The smallest absolute Gasteiger partial charge is 0.336 e. The molecule has 27 heavy (non-hydrogen) atoms. The first-order valence-electron chi connectivity index (χ1n) is 8.22. The van der Waals surface area contributed by atoms with E-state index in [4.69, 9.17) is 0 Å². The Labute approximate surface area is 153 Å². The number of carbonyl (C=O) groups is 1. The molecule has 4 aromatic rings. The van der Waals surface area contributed by atoms with Crippen LogP contribution in [0.1, 0.15) is 10.4 Å². The van der Waals surface area contributed by atoms with Crippen molar-refractivity contribution < 1.29 is 18.7 Å². The molecule has 0 aliphatic carbocycles. The van der Waals surface area contributed by atoms with E-state index in [9.17, 15) is 18.7 Å². The number of nitrogens with zero attached hydrogens (tertiary/aromatic N) is 1. The SMILES string of the molecule is O=C(O)c1cc(-c2ccc(-c3ccccc3)c(F)c2)nc2ccc(F)cc12. The molecule has 0 aliphatic heterocycles. The molecule has 5 heteroatoms. The van der Waals surface area contributed by atoms with Gasteiger partial charge in [0.25, 0.3) is 0 Å². The molecule has 1 heterocycles. The third-order valence-electron chi connectivity index (χ3n) is 4.35. The van der Waals surface area contributed by atoms with Crippen LogP contribution in [0.5, 0.6) is 0 Å². The summed E-state index contributed by atoms with van der Waals surface area (Å²) in [6.45, 7) is 0. The van der Waals surface area contributed by atoms with E-state index in [-0.39, 0.29) is 10.9 Å². The molecule has 0 atom stereocenters. The Balaban J connectivity index is 1.86. The summed E-state index contributed by atoms with van der Waals surface area (Å²) in [5, 5.41) is 9.67. The quantitative estimate of drug-likeness (QED) is 0.521. The fourth-order valence-electron chi connectivity index (χ4n) is 3.05. The second kappa shape index (κ2) is 6.61. The molecule has 0 bridgehead atoms. The normalized spacial score (nSPS) is 10.9. The largest absolute Gasteiger partial charge is 0.478 e. The first-order chi connectivity index (χ1) is 13.0. The van der Waals surface area contributed by atoms with Gasteiger partial charge >= 0.3 is 5.97 Å². The predicted octanol–water partition coefficient (Wildman–Crippen LogP) is 5.55. The molecule has 1 aromatic heterocycles. The number of rotatable bonds is 3. The van der Waals surface area contributed by atoms with Crippen molar-refractivity contribution in [3.05, 3.63) is 90.0 Å². The minimum absolute atomic E-state index is 0.0814. The van der Waals surface area contributed by atoms with Crippen LogP contribution >= 0.6 is 0 Å². The summed E-state index contributed by atoms with van der Waals surface area (Å²) in [4.78, 5) is 16.0. The second-order valence-corrected chi connectivity index (χ2v) is 6.08. The van der Waals surface area contributed by atoms with Crippen LogP contribution in [0.25, 0.3) is 33.3 Å². The lowest BCUT2D eigenvalue weighted by Gasteiger charge is -2.09.